The van der Waals surface area contributed by atoms with Crippen LogP contribution < -0.4 is 19.9 Å². The average Bonchev–Trinajstić information content (AvgIpc) is 3.69. The van der Waals surface area contributed by atoms with Crippen molar-refractivity contribution in [2.75, 3.05) is 45.0 Å². The van der Waals surface area contributed by atoms with Gasteiger partial charge in [-0.1, -0.05) is 19.1 Å². The molecule has 4 aromatic rings. The second-order valence-corrected chi connectivity index (χ2v) is 11.6. The Bertz CT molecular complexity index is 1470. The van der Waals surface area contributed by atoms with Crippen molar-refractivity contribution in [2.24, 2.45) is 0 Å². The molecule has 1 amide bonds. The van der Waals surface area contributed by atoms with Crippen molar-refractivity contribution in [3.63, 3.8) is 0 Å². The third-order valence-electron chi connectivity index (χ3n) is 7.45. The van der Waals surface area contributed by atoms with Crippen LogP contribution in [0.5, 0.6) is 17.2 Å². The number of aromatic nitrogens is 2. The topological polar surface area (TPSA) is 112 Å². The minimum Gasteiger partial charge on any atom is -0.497 e. The Labute approximate surface area is 257 Å². The zero-order chi connectivity index (χ0) is 30.2. The molecule has 1 unspecified atom stereocenters. The third-order valence-corrected chi connectivity index (χ3v) is 8.56. The van der Waals surface area contributed by atoms with Gasteiger partial charge in [0.25, 0.3) is 5.91 Å². The van der Waals surface area contributed by atoms with Crippen molar-refractivity contribution >= 4 is 34.4 Å². The zero-order valence-electron chi connectivity index (χ0n) is 25.0. The number of nitrogens with one attached hydrogen (secondary N) is 1. The number of aromatic amines is 1. The maximum Gasteiger partial charge on any atom is 0.256 e. The number of benzene rings is 3. The molecule has 5 rings (SSSR count). The van der Waals surface area contributed by atoms with Crippen molar-refractivity contribution < 1.29 is 23.7 Å². The van der Waals surface area contributed by atoms with Crippen molar-refractivity contribution in [1.29, 1.82) is 0 Å². The smallest absolute Gasteiger partial charge is 0.256 e. The van der Waals surface area contributed by atoms with E-state index in [1.165, 1.54) is 0 Å². The molecule has 9 nitrogen and oxygen atoms in total. The molecule has 2 heterocycles. The van der Waals surface area contributed by atoms with E-state index in [9.17, 15) is 4.79 Å². The lowest BCUT2D eigenvalue weighted by atomic mass is 10.1. The van der Waals surface area contributed by atoms with E-state index in [-0.39, 0.29) is 17.4 Å². The van der Waals surface area contributed by atoms with Crippen LogP contribution in [0.4, 0.5) is 5.69 Å². The number of hydrogen-bond acceptors (Lipinski definition) is 8. The summed E-state index contributed by atoms with van der Waals surface area (Å²) in [7, 11) is 1.57. The molecule has 3 aromatic carbocycles. The first kappa shape index (κ1) is 30.6. The van der Waals surface area contributed by atoms with E-state index in [1.807, 2.05) is 60.4 Å². The summed E-state index contributed by atoms with van der Waals surface area (Å²) >= 11 is 1.73. The first-order valence-electron chi connectivity index (χ1n) is 14.8. The van der Waals surface area contributed by atoms with Gasteiger partial charge in [-0.2, -0.15) is 0 Å². The number of ether oxygens (including phenoxy) is 4. The van der Waals surface area contributed by atoms with Gasteiger partial charge in [-0.25, -0.2) is 4.98 Å². The number of H-pyrrole nitrogens is 1. The molecule has 1 saturated heterocycles. The Morgan fingerprint density at radius 2 is 1.88 bits per heavy atom. The fourth-order valence-electron chi connectivity index (χ4n) is 5.33. The largest absolute Gasteiger partial charge is 0.497 e. The molecule has 1 aliphatic rings. The van der Waals surface area contributed by atoms with Gasteiger partial charge in [0, 0.05) is 31.2 Å². The zero-order valence-corrected chi connectivity index (χ0v) is 25.8. The summed E-state index contributed by atoms with van der Waals surface area (Å²) in [5.41, 5.74) is 10.1. The van der Waals surface area contributed by atoms with E-state index < -0.39 is 0 Å². The molecular weight excluding hydrogens is 564 g/mol. The van der Waals surface area contributed by atoms with Gasteiger partial charge in [0.05, 0.1) is 48.6 Å². The molecule has 43 heavy (non-hydrogen) atoms. The first-order valence-corrected chi connectivity index (χ1v) is 15.9. The van der Waals surface area contributed by atoms with Gasteiger partial charge in [0.2, 0.25) is 0 Å². The molecule has 1 fully saturated rings. The molecule has 10 heteroatoms. The molecule has 0 aliphatic carbocycles. The molecule has 3 N–H and O–H groups in total. The number of amides is 1. The summed E-state index contributed by atoms with van der Waals surface area (Å²) in [5.74, 6) is 3.33. The third kappa shape index (κ3) is 7.19. The highest BCUT2D eigenvalue weighted by atomic mass is 32.2. The number of rotatable bonds is 14. The number of carbonyl (C=O) groups is 1. The molecule has 0 spiro atoms. The second kappa shape index (κ2) is 14.5. The van der Waals surface area contributed by atoms with Gasteiger partial charge in [-0.3, -0.25) is 4.79 Å². The summed E-state index contributed by atoms with van der Waals surface area (Å²) in [6.07, 6.45) is 2.46. The predicted molar refractivity (Wildman–Crippen MR) is 172 cm³/mol. The summed E-state index contributed by atoms with van der Waals surface area (Å²) in [5, 5.41) is 0. The molecular formula is C33H40N4O5S. The summed E-state index contributed by atoms with van der Waals surface area (Å²) in [4.78, 5) is 23.6. The number of nitrogen functional groups attached to an aromatic ring is 1. The Kier molecular flexibility index (Phi) is 10.3. The lowest BCUT2D eigenvalue weighted by Crippen LogP contribution is -2.43. The lowest BCUT2D eigenvalue weighted by Gasteiger charge is -2.31. The van der Waals surface area contributed by atoms with E-state index in [0.29, 0.717) is 55.5 Å². The Hall–Kier alpha value is -3.89. The number of likely N-dealkylation sites (tertiary alicyclic amines) is 1. The highest BCUT2D eigenvalue weighted by Crippen LogP contribution is 2.35. The molecule has 0 radical (unpaired) electrons. The van der Waals surface area contributed by atoms with Crippen molar-refractivity contribution in [3.05, 3.63) is 66.2 Å². The maximum absolute atomic E-state index is 13.7. The number of nitrogens with zero attached hydrogens (tertiary/aromatic N) is 2. The van der Waals surface area contributed by atoms with Crippen LogP contribution in [0.1, 0.15) is 43.5 Å². The van der Waals surface area contributed by atoms with Gasteiger partial charge >= 0.3 is 0 Å². The monoisotopic (exact) mass is 604 g/mol. The number of hydrogen-bond donors (Lipinski definition) is 2. The van der Waals surface area contributed by atoms with Crippen LogP contribution in [-0.4, -0.2) is 71.5 Å². The van der Waals surface area contributed by atoms with Gasteiger partial charge < -0.3 is 34.6 Å². The summed E-state index contributed by atoms with van der Waals surface area (Å²) in [6.45, 7) is 6.19. The minimum atomic E-state index is -0.125. The van der Waals surface area contributed by atoms with Gasteiger partial charge in [-0.15, -0.1) is 11.8 Å². The van der Waals surface area contributed by atoms with Crippen LogP contribution in [-0.2, 0) is 4.74 Å². The van der Waals surface area contributed by atoms with Crippen LogP contribution in [0.2, 0.25) is 0 Å². The number of nitrogens with two attached hydrogens (primary N) is 1. The molecule has 1 aliphatic heterocycles. The van der Waals surface area contributed by atoms with Crippen LogP contribution >= 0.6 is 11.8 Å². The number of methoxy groups -OCH3 is 1. The minimum absolute atomic E-state index is 0.00250. The fourth-order valence-corrected chi connectivity index (χ4v) is 6.39. The second-order valence-electron chi connectivity index (χ2n) is 10.3. The number of carbonyl (C=O) groups excluding carboxylic acids is 1. The first-order chi connectivity index (χ1) is 21.0. The highest BCUT2D eigenvalue weighted by molar-refractivity contribution is 7.99. The van der Waals surface area contributed by atoms with Crippen LogP contribution in [0.3, 0.4) is 0 Å². The molecule has 1 aromatic heterocycles. The van der Waals surface area contributed by atoms with Crippen molar-refractivity contribution in [2.45, 2.75) is 44.6 Å². The Balaban J connectivity index is 1.17. The average molecular weight is 605 g/mol. The number of fused-ring (bicyclic) bond motifs is 1. The normalized spacial score (nSPS) is 15.5. The number of imidazole rings is 1. The van der Waals surface area contributed by atoms with Gasteiger partial charge in [0.15, 0.2) is 0 Å². The lowest BCUT2D eigenvalue weighted by molar-refractivity contribution is 0.0461. The van der Waals surface area contributed by atoms with Gasteiger partial charge in [0.1, 0.15) is 28.5 Å². The molecule has 228 valence electrons. The van der Waals surface area contributed by atoms with E-state index >= 15 is 0 Å². The van der Waals surface area contributed by atoms with E-state index in [0.717, 1.165) is 46.8 Å². The number of thioether (sulfide) groups is 1. The van der Waals surface area contributed by atoms with Gasteiger partial charge in [-0.05, 0) is 68.0 Å². The highest BCUT2D eigenvalue weighted by Gasteiger charge is 2.37. The van der Waals surface area contributed by atoms with Crippen LogP contribution in [0.15, 0.2) is 60.7 Å². The Morgan fingerprint density at radius 3 is 2.63 bits per heavy atom. The Morgan fingerprint density at radius 1 is 1.09 bits per heavy atom. The quantitative estimate of drug-likeness (QED) is 0.0968. The summed E-state index contributed by atoms with van der Waals surface area (Å²) < 4.78 is 23.5. The fraction of sp³-hybridized carbons (Fsp3) is 0.394. The van der Waals surface area contributed by atoms with Crippen molar-refractivity contribution in [3.8, 4) is 28.6 Å². The SMILES string of the molecule is CCOC(SCC)[C@@H]1CCCN1C(=O)c1cc(OC)cc(OCCCOc2ccc(-c3nc4ccccc4[nH]3)cc2)c1N. The molecule has 2 atom stereocenters. The molecule has 0 saturated carbocycles. The standard InChI is InChI=1S/C33H40N4O5S/c1-4-40-33(43-5-2)28-12-8-17-37(28)32(38)25-20-24(39-3)21-29(30(25)34)42-19-9-18-41-23-15-13-22(14-16-23)31-35-26-10-6-7-11-27(26)36-31/h6-7,10-11,13-16,20-21,28,33H,4-5,8-9,12,17-19,34H2,1-3H3,(H,35,36)/t28-,33?/m0/s1. The number of anilines is 1. The summed E-state index contributed by atoms with van der Waals surface area (Å²) in [6, 6.07) is 19.2. The van der Waals surface area contributed by atoms with Crippen LogP contribution in [0, 0.1) is 0 Å². The van der Waals surface area contributed by atoms with Crippen molar-refractivity contribution in [1.82, 2.24) is 14.9 Å². The van der Waals surface area contributed by atoms with E-state index in [2.05, 4.69) is 16.9 Å². The van der Waals surface area contributed by atoms with E-state index in [1.54, 1.807) is 31.0 Å². The van der Waals surface area contributed by atoms with Crippen LogP contribution in [0.25, 0.3) is 22.4 Å². The predicted octanol–water partition coefficient (Wildman–Crippen LogP) is 6.39. The maximum atomic E-state index is 13.7. The van der Waals surface area contributed by atoms with E-state index in [4.69, 9.17) is 24.7 Å². The molecule has 0 bridgehead atoms. The number of para-hydroxylation sites is 2.